The maximum absolute atomic E-state index is 12.5. The highest BCUT2D eigenvalue weighted by molar-refractivity contribution is 5.94. The SMILES string of the molecule is Cc1cc(C(=O)N(C)CCN(C)C2CCCC2)cc(C)c1O. The minimum absolute atomic E-state index is 0.0195. The van der Waals surface area contributed by atoms with Gasteiger partial charge in [0.1, 0.15) is 5.75 Å². The van der Waals surface area contributed by atoms with E-state index in [1.165, 1.54) is 25.7 Å². The monoisotopic (exact) mass is 304 g/mol. The van der Waals surface area contributed by atoms with Crippen LogP contribution in [0.2, 0.25) is 0 Å². The van der Waals surface area contributed by atoms with Crippen molar-refractivity contribution >= 4 is 5.91 Å². The lowest BCUT2D eigenvalue weighted by Gasteiger charge is -2.27. The molecule has 1 amide bonds. The summed E-state index contributed by atoms with van der Waals surface area (Å²) in [5.74, 6) is 0.297. The average Bonchev–Trinajstić information content (AvgIpc) is 3.03. The smallest absolute Gasteiger partial charge is 0.253 e. The van der Waals surface area contributed by atoms with E-state index in [0.717, 1.165) is 24.2 Å². The molecule has 0 bridgehead atoms. The summed E-state index contributed by atoms with van der Waals surface area (Å²) in [6, 6.07) is 4.21. The highest BCUT2D eigenvalue weighted by Gasteiger charge is 2.20. The van der Waals surface area contributed by atoms with Crippen molar-refractivity contribution in [3.8, 4) is 5.75 Å². The van der Waals surface area contributed by atoms with Gasteiger partial charge in [0, 0.05) is 31.7 Å². The lowest BCUT2D eigenvalue weighted by Crippen LogP contribution is -2.38. The van der Waals surface area contributed by atoms with Crippen molar-refractivity contribution in [3.05, 3.63) is 28.8 Å². The molecular weight excluding hydrogens is 276 g/mol. The number of phenolic OH excluding ortho intramolecular Hbond substituents is 1. The number of likely N-dealkylation sites (N-methyl/N-ethyl adjacent to an activating group) is 2. The van der Waals surface area contributed by atoms with Crippen LogP contribution in [0.4, 0.5) is 0 Å². The second kappa shape index (κ2) is 7.14. The Morgan fingerprint density at radius 2 is 1.68 bits per heavy atom. The van der Waals surface area contributed by atoms with Crippen LogP contribution in [0.3, 0.4) is 0 Å². The molecule has 0 radical (unpaired) electrons. The summed E-state index contributed by atoms with van der Waals surface area (Å²) >= 11 is 0. The molecule has 1 aromatic rings. The number of nitrogens with zero attached hydrogens (tertiary/aromatic N) is 2. The van der Waals surface area contributed by atoms with Crippen molar-refractivity contribution in [1.29, 1.82) is 0 Å². The Morgan fingerprint density at radius 3 is 2.23 bits per heavy atom. The van der Waals surface area contributed by atoms with Crippen LogP contribution in [0.1, 0.15) is 47.2 Å². The lowest BCUT2D eigenvalue weighted by atomic mass is 10.0. The van der Waals surface area contributed by atoms with Gasteiger partial charge in [-0.05, 0) is 57.0 Å². The molecule has 1 fully saturated rings. The summed E-state index contributed by atoms with van der Waals surface area (Å²) < 4.78 is 0. The lowest BCUT2D eigenvalue weighted by molar-refractivity contribution is 0.0774. The number of phenols is 1. The second-order valence-corrected chi connectivity index (χ2v) is 6.60. The molecule has 0 atom stereocenters. The van der Waals surface area contributed by atoms with Gasteiger partial charge in [0.15, 0.2) is 0 Å². The first-order chi connectivity index (χ1) is 10.4. The molecule has 122 valence electrons. The molecule has 1 aliphatic carbocycles. The largest absolute Gasteiger partial charge is 0.507 e. The molecule has 1 N–H and O–H groups in total. The van der Waals surface area contributed by atoms with E-state index in [2.05, 4.69) is 11.9 Å². The molecule has 0 aliphatic heterocycles. The van der Waals surface area contributed by atoms with Crippen molar-refractivity contribution in [2.45, 2.75) is 45.6 Å². The van der Waals surface area contributed by atoms with Gasteiger partial charge in [0.2, 0.25) is 0 Å². The Balaban J connectivity index is 1.94. The quantitative estimate of drug-likeness (QED) is 0.909. The van der Waals surface area contributed by atoms with Gasteiger partial charge in [0.05, 0.1) is 0 Å². The zero-order valence-electron chi connectivity index (χ0n) is 14.2. The molecule has 2 rings (SSSR count). The summed E-state index contributed by atoms with van der Waals surface area (Å²) in [5, 5.41) is 9.82. The van der Waals surface area contributed by atoms with Crippen LogP contribution in [0.15, 0.2) is 12.1 Å². The number of aryl methyl sites for hydroxylation is 2. The Hall–Kier alpha value is -1.55. The number of hydrogen-bond acceptors (Lipinski definition) is 3. The predicted molar refractivity (Wildman–Crippen MR) is 89.4 cm³/mol. The van der Waals surface area contributed by atoms with E-state index < -0.39 is 0 Å². The summed E-state index contributed by atoms with van der Waals surface area (Å²) in [6.07, 6.45) is 5.22. The molecule has 0 spiro atoms. The Kier molecular flexibility index (Phi) is 5.46. The third kappa shape index (κ3) is 3.80. The topological polar surface area (TPSA) is 43.8 Å². The fourth-order valence-electron chi connectivity index (χ4n) is 3.24. The van der Waals surface area contributed by atoms with Crippen molar-refractivity contribution in [1.82, 2.24) is 9.80 Å². The fraction of sp³-hybridized carbons (Fsp3) is 0.611. The molecule has 0 unspecified atom stereocenters. The molecule has 1 aromatic carbocycles. The number of hydrogen-bond donors (Lipinski definition) is 1. The normalized spacial score (nSPS) is 15.5. The number of benzene rings is 1. The van der Waals surface area contributed by atoms with Crippen LogP contribution in [0.25, 0.3) is 0 Å². The second-order valence-electron chi connectivity index (χ2n) is 6.60. The summed E-state index contributed by atoms with van der Waals surface area (Å²) in [6.45, 7) is 5.29. The first-order valence-electron chi connectivity index (χ1n) is 8.16. The maximum atomic E-state index is 12.5. The Morgan fingerprint density at radius 1 is 1.14 bits per heavy atom. The average molecular weight is 304 g/mol. The summed E-state index contributed by atoms with van der Waals surface area (Å²) in [7, 11) is 4.01. The zero-order valence-corrected chi connectivity index (χ0v) is 14.2. The first-order valence-corrected chi connectivity index (χ1v) is 8.16. The number of carbonyl (C=O) groups is 1. The zero-order chi connectivity index (χ0) is 16.3. The van der Waals surface area contributed by atoms with Crippen LogP contribution in [-0.2, 0) is 0 Å². The van der Waals surface area contributed by atoms with E-state index in [4.69, 9.17) is 0 Å². The van der Waals surface area contributed by atoms with E-state index in [1.807, 2.05) is 20.9 Å². The molecular formula is C18H28N2O2. The van der Waals surface area contributed by atoms with Crippen molar-refractivity contribution in [3.63, 3.8) is 0 Å². The summed E-state index contributed by atoms with van der Waals surface area (Å²) in [5.41, 5.74) is 2.15. The predicted octanol–water partition coefficient (Wildman–Crippen LogP) is 2.96. The highest BCUT2D eigenvalue weighted by Crippen LogP contribution is 2.24. The Bertz CT molecular complexity index is 513. The summed E-state index contributed by atoms with van der Waals surface area (Å²) in [4.78, 5) is 16.7. The van der Waals surface area contributed by atoms with E-state index in [0.29, 0.717) is 11.6 Å². The molecule has 4 heteroatoms. The molecule has 22 heavy (non-hydrogen) atoms. The number of rotatable bonds is 5. The fourth-order valence-corrected chi connectivity index (χ4v) is 3.24. The molecule has 0 heterocycles. The van der Waals surface area contributed by atoms with E-state index in [-0.39, 0.29) is 11.7 Å². The molecule has 1 saturated carbocycles. The third-order valence-corrected chi connectivity index (χ3v) is 4.82. The molecule has 4 nitrogen and oxygen atoms in total. The van der Waals surface area contributed by atoms with Crippen LogP contribution >= 0.6 is 0 Å². The van der Waals surface area contributed by atoms with Crippen LogP contribution < -0.4 is 0 Å². The van der Waals surface area contributed by atoms with Gasteiger partial charge < -0.3 is 14.9 Å². The first kappa shape index (κ1) is 16.8. The third-order valence-electron chi connectivity index (χ3n) is 4.82. The standard InChI is InChI=1S/C18H28N2O2/c1-13-11-15(12-14(2)17(13)21)18(22)20(4)10-9-19(3)16-7-5-6-8-16/h11-12,16,21H,5-10H2,1-4H3. The van der Waals surface area contributed by atoms with E-state index in [9.17, 15) is 9.90 Å². The van der Waals surface area contributed by atoms with Gasteiger partial charge in [-0.2, -0.15) is 0 Å². The van der Waals surface area contributed by atoms with Gasteiger partial charge in [0.25, 0.3) is 5.91 Å². The van der Waals surface area contributed by atoms with Gasteiger partial charge in [-0.25, -0.2) is 0 Å². The van der Waals surface area contributed by atoms with Gasteiger partial charge in [-0.1, -0.05) is 12.8 Å². The number of carbonyl (C=O) groups excluding carboxylic acids is 1. The minimum Gasteiger partial charge on any atom is -0.507 e. The Labute approximate surface area is 133 Å². The van der Waals surface area contributed by atoms with Crippen LogP contribution in [0, 0.1) is 13.8 Å². The van der Waals surface area contributed by atoms with E-state index >= 15 is 0 Å². The number of amides is 1. The molecule has 0 aromatic heterocycles. The number of aromatic hydroxyl groups is 1. The van der Waals surface area contributed by atoms with Crippen LogP contribution in [-0.4, -0.2) is 54.0 Å². The van der Waals surface area contributed by atoms with E-state index in [1.54, 1.807) is 17.0 Å². The van der Waals surface area contributed by atoms with Crippen molar-refractivity contribution in [2.75, 3.05) is 27.2 Å². The van der Waals surface area contributed by atoms with Crippen molar-refractivity contribution in [2.24, 2.45) is 0 Å². The minimum atomic E-state index is 0.0195. The van der Waals surface area contributed by atoms with Gasteiger partial charge in [-0.15, -0.1) is 0 Å². The van der Waals surface area contributed by atoms with Gasteiger partial charge in [-0.3, -0.25) is 4.79 Å². The molecule has 1 aliphatic rings. The maximum Gasteiger partial charge on any atom is 0.253 e. The molecule has 0 saturated heterocycles. The highest BCUT2D eigenvalue weighted by atomic mass is 16.3. The van der Waals surface area contributed by atoms with Crippen LogP contribution in [0.5, 0.6) is 5.75 Å². The van der Waals surface area contributed by atoms with Crippen molar-refractivity contribution < 1.29 is 9.90 Å². The van der Waals surface area contributed by atoms with Gasteiger partial charge >= 0.3 is 0 Å².